The fourth-order valence-electron chi connectivity index (χ4n) is 1.57. The zero-order chi connectivity index (χ0) is 12.1. The molecule has 0 saturated heterocycles. The van der Waals surface area contributed by atoms with Crippen LogP contribution < -0.4 is 5.32 Å². The second kappa shape index (κ2) is 5.39. The molecule has 1 heterocycles. The summed E-state index contributed by atoms with van der Waals surface area (Å²) in [6.07, 6.45) is 0. The van der Waals surface area contributed by atoms with Crippen molar-refractivity contribution in [3.63, 3.8) is 0 Å². The van der Waals surface area contributed by atoms with Gasteiger partial charge in [-0.15, -0.1) is 11.3 Å². The summed E-state index contributed by atoms with van der Waals surface area (Å²) in [5, 5.41) is 9.05. The van der Waals surface area contributed by atoms with E-state index >= 15 is 0 Å². The highest BCUT2D eigenvalue weighted by Crippen LogP contribution is 2.29. The number of rotatable bonds is 4. The van der Waals surface area contributed by atoms with Gasteiger partial charge in [-0.25, -0.2) is 0 Å². The zero-order valence-electron chi connectivity index (χ0n) is 9.37. The van der Waals surface area contributed by atoms with Crippen molar-refractivity contribution in [1.82, 2.24) is 0 Å². The molecule has 2 rings (SSSR count). The van der Waals surface area contributed by atoms with Crippen LogP contribution >= 0.6 is 11.3 Å². The number of para-hydroxylation sites is 1. The molecule has 86 valence electrons. The highest BCUT2D eigenvalue weighted by atomic mass is 32.1. The Balaban J connectivity index is 2.21. The maximum absolute atomic E-state index is 8.49. The minimum Gasteiger partial charge on any atom is -0.377 e. The van der Waals surface area contributed by atoms with Crippen LogP contribution in [0.15, 0.2) is 46.9 Å². The van der Waals surface area contributed by atoms with Gasteiger partial charge in [0.15, 0.2) is 0 Å². The van der Waals surface area contributed by atoms with Crippen LogP contribution in [0.5, 0.6) is 0 Å². The standard InChI is InChI=1S/C12H12N4S/c1-9(12-7-4-8-17-12)14-10-5-2-3-6-11(10)15-16-13/h2-9,14H,1H3. The van der Waals surface area contributed by atoms with Gasteiger partial charge < -0.3 is 5.32 Å². The first-order valence-electron chi connectivity index (χ1n) is 5.25. The quantitative estimate of drug-likeness (QED) is 0.466. The molecule has 1 aromatic heterocycles. The lowest BCUT2D eigenvalue weighted by atomic mass is 10.2. The Hall–Kier alpha value is -1.97. The minimum atomic E-state index is 0.199. The van der Waals surface area contributed by atoms with Gasteiger partial charge in [0.05, 0.1) is 11.7 Å². The maximum Gasteiger partial charge on any atom is 0.0607 e. The Labute approximate surface area is 104 Å². The molecule has 0 aliphatic heterocycles. The van der Waals surface area contributed by atoms with Crippen LogP contribution in [0.1, 0.15) is 17.8 Å². The van der Waals surface area contributed by atoms with Gasteiger partial charge >= 0.3 is 0 Å². The summed E-state index contributed by atoms with van der Waals surface area (Å²) in [6, 6.07) is 11.8. The van der Waals surface area contributed by atoms with Crippen LogP contribution in [0.3, 0.4) is 0 Å². The van der Waals surface area contributed by atoms with E-state index in [2.05, 4.69) is 28.3 Å². The van der Waals surface area contributed by atoms with E-state index in [4.69, 9.17) is 5.53 Å². The number of hydrogen-bond acceptors (Lipinski definition) is 3. The number of nitrogens with zero attached hydrogens (tertiary/aromatic N) is 3. The topological polar surface area (TPSA) is 60.8 Å². The van der Waals surface area contributed by atoms with Crippen LogP contribution in [0.2, 0.25) is 0 Å². The summed E-state index contributed by atoms with van der Waals surface area (Å²) in [5.74, 6) is 0. The smallest absolute Gasteiger partial charge is 0.0607 e. The lowest BCUT2D eigenvalue weighted by Crippen LogP contribution is -2.04. The molecule has 1 atom stereocenters. The molecule has 0 aliphatic carbocycles. The van der Waals surface area contributed by atoms with E-state index in [1.807, 2.05) is 29.6 Å². The van der Waals surface area contributed by atoms with E-state index in [0.29, 0.717) is 5.69 Å². The second-order valence-electron chi connectivity index (χ2n) is 3.59. The molecule has 17 heavy (non-hydrogen) atoms. The first-order chi connectivity index (χ1) is 8.31. The van der Waals surface area contributed by atoms with E-state index in [-0.39, 0.29) is 6.04 Å². The van der Waals surface area contributed by atoms with Gasteiger partial charge in [0.25, 0.3) is 0 Å². The molecular weight excluding hydrogens is 232 g/mol. The molecule has 1 N–H and O–H groups in total. The molecule has 0 fully saturated rings. The van der Waals surface area contributed by atoms with Crippen LogP contribution in [0, 0.1) is 0 Å². The number of anilines is 1. The predicted octanol–water partition coefficient (Wildman–Crippen LogP) is 4.86. The van der Waals surface area contributed by atoms with Crippen LogP contribution in [0.4, 0.5) is 11.4 Å². The Bertz CT molecular complexity index is 529. The summed E-state index contributed by atoms with van der Waals surface area (Å²) in [7, 11) is 0. The molecule has 0 saturated carbocycles. The third kappa shape index (κ3) is 2.78. The largest absolute Gasteiger partial charge is 0.377 e. The normalized spacial score (nSPS) is 11.6. The lowest BCUT2D eigenvalue weighted by molar-refractivity contribution is 0.908. The fraction of sp³-hybridized carbons (Fsp3) is 0.167. The van der Waals surface area contributed by atoms with Gasteiger partial charge in [0.1, 0.15) is 0 Å². The van der Waals surface area contributed by atoms with E-state index in [0.717, 1.165) is 5.69 Å². The third-order valence-corrected chi connectivity index (χ3v) is 3.45. The van der Waals surface area contributed by atoms with Crippen molar-refractivity contribution in [3.05, 3.63) is 57.1 Å². The Morgan fingerprint density at radius 2 is 2.12 bits per heavy atom. The van der Waals surface area contributed by atoms with E-state index in [1.165, 1.54) is 4.88 Å². The van der Waals surface area contributed by atoms with Gasteiger partial charge in [0, 0.05) is 15.5 Å². The first-order valence-corrected chi connectivity index (χ1v) is 6.13. The molecule has 0 amide bonds. The Morgan fingerprint density at radius 1 is 1.29 bits per heavy atom. The number of hydrogen-bond donors (Lipinski definition) is 1. The maximum atomic E-state index is 8.49. The van der Waals surface area contributed by atoms with E-state index < -0.39 is 0 Å². The van der Waals surface area contributed by atoms with Crippen molar-refractivity contribution < 1.29 is 0 Å². The fourth-order valence-corrected chi connectivity index (χ4v) is 2.31. The van der Waals surface area contributed by atoms with Crippen LogP contribution in [-0.4, -0.2) is 0 Å². The monoisotopic (exact) mass is 244 g/mol. The number of azide groups is 1. The molecule has 0 radical (unpaired) electrons. The molecular formula is C12H12N4S. The molecule has 1 unspecified atom stereocenters. The van der Waals surface area contributed by atoms with Gasteiger partial charge in [-0.3, -0.25) is 0 Å². The van der Waals surface area contributed by atoms with Crippen molar-refractivity contribution in [1.29, 1.82) is 0 Å². The molecule has 5 heteroatoms. The molecule has 4 nitrogen and oxygen atoms in total. The third-order valence-electron chi connectivity index (χ3n) is 2.40. The summed E-state index contributed by atoms with van der Waals surface area (Å²) in [4.78, 5) is 4.07. The molecule has 0 bridgehead atoms. The van der Waals surface area contributed by atoms with Gasteiger partial charge in [-0.05, 0) is 30.0 Å². The zero-order valence-corrected chi connectivity index (χ0v) is 10.2. The van der Waals surface area contributed by atoms with Crippen molar-refractivity contribution in [2.75, 3.05) is 5.32 Å². The van der Waals surface area contributed by atoms with E-state index in [1.54, 1.807) is 17.4 Å². The average molecular weight is 244 g/mol. The number of thiophene rings is 1. The highest BCUT2D eigenvalue weighted by Gasteiger charge is 2.07. The van der Waals surface area contributed by atoms with E-state index in [9.17, 15) is 0 Å². The summed E-state index contributed by atoms with van der Waals surface area (Å²) in [5.41, 5.74) is 9.97. The van der Waals surface area contributed by atoms with Crippen LogP contribution in [0.25, 0.3) is 10.4 Å². The van der Waals surface area contributed by atoms with Gasteiger partial charge in [-0.2, -0.15) is 0 Å². The second-order valence-corrected chi connectivity index (χ2v) is 4.57. The predicted molar refractivity (Wildman–Crippen MR) is 71.6 cm³/mol. The summed E-state index contributed by atoms with van der Waals surface area (Å²) in [6.45, 7) is 2.08. The minimum absolute atomic E-state index is 0.199. The molecule has 0 spiro atoms. The lowest BCUT2D eigenvalue weighted by Gasteiger charge is -2.15. The van der Waals surface area contributed by atoms with Gasteiger partial charge in [0.2, 0.25) is 0 Å². The van der Waals surface area contributed by atoms with Crippen molar-refractivity contribution in [2.45, 2.75) is 13.0 Å². The summed E-state index contributed by atoms with van der Waals surface area (Å²) >= 11 is 1.70. The van der Waals surface area contributed by atoms with Crippen molar-refractivity contribution in [2.24, 2.45) is 5.11 Å². The van der Waals surface area contributed by atoms with Gasteiger partial charge in [-0.1, -0.05) is 29.4 Å². The number of nitrogens with one attached hydrogen (secondary N) is 1. The molecule has 2 aromatic rings. The first kappa shape index (κ1) is 11.5. The van der Waals surface area contributed by atoms with Crippen molar-refractivity contribution >= 4 is 22.7 Å². The van der Waals surface area contributed by atoms with Crippen LogP contribution in [-0.2, 0) is 0 Å². The highest BCUT2D eigenvalue weighted by molar-refractivity contribution is 7.10. The average Bonchev–Trinajstić information content (AvgIpc) is 2.85. The molecule has 1 aromatic carbocycles. The Morgan fingerprint density at radius 3 is 2.82 bits per heavy atom. The molecule has 0 aliphatic rings. The summed E-state index contributed by atoms with van der Waals surface area (Å²) < 4.78 is 0. The Kier molecular flexibility index (Phi) is 3.65. The number of benzene rings is 1. The van der Waals surface area contributed by atoms with Crippen molar-refractivity contribution in [3.8, 4) is 0 Å². The SMILES string of the molecule is CC(Nc1ccccc1N=[N+]=[N-])c1cccs1.